The number of pyridine rings is 1. The molecule has 0 aliphatic carbocycles. The van der Waals surface area contributed by atoms with E-state index in [2.05, 4.69) is 15.4 Å². The van der Waals surface area contributed by atoms with E-state index >= 15 is 0 Å². The Balaban J connectivity index is 1.46. The van der Waals surface area contributed by atoms with Crippen molar-refractivity contribution in [1.82, 2.24) is 14.8 Å². The third-order valence-electron chi connectivity index (χ3n) is 4.36. The van der Waals surface area contributed by atoms with Crippen LogP contribution in [0.25, 0.3) is 5.82 Å². The number of hydrogen-bond acceptors (Lipinski definition) is 6. The summed E-state index contributed by atoms with van der Waals surface area (Å²) in [6.45, 7) is 1.94. The second kappa shape index (κ2) is 8.71. The van der Waals surface area contributed by atoms with Gasteiger partial charge in [0.1, 0.15) is 11.3 Å². The normalized spacial score (nSPS) is 10.6. The van der Waals surface area contributed by atoms with Crippen molar-refractivity contribution in [2.45, 2.75) is 13.3 Å². The number of nitrogens with zero attached hydrogens (tertiary/aromatic N) is 3. The molecular formula is C22H18N4O3S. The van der Waals surface area contributed by atoms with Crippen molar-refractivity contribution in [1.29, 1.82) is 0 Å². The van der Waals surface area contributed by atoms with E-state index < -0.39 is 5.97 Å². The molecule has 0 aliphatic rings. The molecule has 0 bridgehead atoms. The number of carbonyl (C=O) groups excluding carboxylic acids is 2. The van der Waals surface area contributed by atoms with E-state index in [0.717, 1.165) is 5.69 Å². The highest BCUT2D eigenvalue weighted by Crippen LogP contribution is 2.21. The highest BCUT2D eigenvalue weighted by Gasteiger charge is 2.19. The number of thiophene rings is 1. The van der Waals surface area contributed by atoms with Gasteiger partial charge in [0, 0.05) is 11.9 Å². The van der Waals surface area contributed by atoms with Gasteiger partial charge >= 0.3 is 5.97 Å². The molecule has 30 heavy (non-hydrogen) atoms. The molecule has 0 aliphatic heterocycles. The molecule has 0 fully saturated rings. The maximum absolute atomic E-state index is 12.7. The van der Waals surface area contributed by atoms with Crippen LogP contribution in [0.15, 0.2) is 72.4 Å². The predicted molar refractivity (Wildman–Crippen MR) is 114 cm³/mol. The van der Waals surface area contributed by atoms with Crippen molar-refractivity contribution in [3.63, 3.8) is 0 Å². The molecule has 1 aromatic carbocycles. The summed E-state index contributed by atoms with van der Waals surface area (Å²) < 4.78 is 7.14. The minimum atomic E-state index is -0.496. The number of hydrogen-bond donors (Lipinski definition) is 1. The first kappa shape index (κ1) is 19.5. The van der Waals surface area contributed by atoms with Gasteiger partial charge in [0.25, 0.3) is 5.91 Å². The van der Waals surface area contributed by atoms with Gasteiger partial charge in [-0.3, -0.25) is 4.79 Å². The van der Waals surface area contributed by atoms with E-state index in [-0.39, 0.29) is 5.91 Å². The monoisotopic (exact) mass is 418 g/mol. The summed E-state index contributed by atoms with van der Waals surface area (Å²) in [6, 6.07) is 15.7. The van der Waals surface area contributed by atoms with Crippen molar-refractivity contribution in [2.75, 3.05) is 5.32 Å². The highest BCUT2D eigenvalue weighted by molar-refractivity contribution is 7.12. The van der Waals surface area contributed by atoms with Crippen molar-refractivity contribution in [3.8, 4) is 11.6 Å². The van der Waals surface area contributed by atoms with Crippen LogP contribution >= 0.6 is 11.3 Å². The fourth-order valence-corrected chi connectivity index (χ4v) is 3.55. The summed E-state index contributed by atoms with van der Waals surface area (Å²) in [4.78, 5) is 29.7. The maximum atomic E-state index is 12.7. The third kappa shape index (κ3) is 4.13. The van der Waals surface area contributed by atoms with Gasteiger partial charge < -0.3 is 10.1 Å². The second-order valence-corrected chi connectivity index (χ2v) is 7.25. The van der Waals surface area contributed by atoms with E-state index in [1.807, 2.05) is 36.6 Å². The summed E-state index contributed by atoms with van der Waals surface area (Å²) >= 11 is 1.37. The Morgan fingerprint density at radius 2 is 1.93 bits per heavy atom. The van der Waals surface area contributed by atoms with Crippen LogP contribution in [-0.4, -0.2) is 26.6 Å². The lowest BCUT2D eigenvalue weighted by Gasteiger charge is -2.08. The molecule has 0 unspecified atom stereocenters. The van der Waals surface area contributed by atoms with Gasteiger partial charge in [0.05, 0.1) is 16.8 Å². The Bertz CT molecular complexity index is 1150. The van der Waals surface area contributed by atoms with E-state index in [9.17, 15) is 9.59 Å². The zero-order valence-electron chi connectivity index (χ0n) is 16.1. The quantitative estimate of drug-likeness (QED) is 0.371. The zero-order chi connectivity index (χ0) is 20.9. The van der Waals surface area contributed by atoms with Crippen molar-refractivity contribution >= 4 is 28.9 Å². The molecule has 3 aromatic heterocycles. The lowest BCUT2D eigenvalue weighted by atomic mass is 10.2. The van der Waals surface area contributed by atoms with Crippen LogP contribution < -0.4 is 10.1 Å². The van der Waals surface area contributed by atoms with Crippen LogP contribution in [0.4, 0.5) is 5.69 Å². The van der Waals surface area contributed by atoms with Gasteiger partial charge in [-0.1, -0.05) is 19.1 Å². The average molecular weight is 418 g/mol. The van der Waals surface area contributed by atoms with Crippen molar-refractivity contribution in [3.05, 3.63) is 88.5 Å². The molecular weight excluding hydrogens is 400 g/mol. The van der Waals surface area contributed by atoms with Crippen molar-refractivity contribution in [2.24, 2.45) is 0 Å². The summed E-state index contributed by atoms with van der Waals surface area (Å²) in [7, 11) is 0. The van der Waals surface area contributed by atoms with Gasteiger partial charge in [-0.25, -0.2) is 14.5 Å². The molecule has 7 nitrogen and oxygen atoms in total. The molecule has 0 radical (unpaired) electrons. The minimum absolute atomic E-state index is 0.177. The van der Waals surface area contributed by atoms with Crippen LogP contribution in [-0.2, 0) is 6.42 Å². The van der Waals surface area contributed by atoms with Gasteiger partial charge in [0.15, 0.2) is 5.82 Å². The predicted octanol–water partition coefficient (Wildman–Crippen LogP) is 4.36. The fourth-order valence-electron chi connectivity index (χ4n) is 2.93. The van der Waals surface area contributed by atoms with Gasteiger partial charge in [-0.15, -0.1) is 11.3 Å². The standard InChI is InChI=1S/C22H18N4O3S/c1-2-18-17(14-24-26(18)20-7-3-4-12-23-20)22(28)29-16-10-8-15(9-11-16)25-21(27)19-6-5-13-30-19/h3-14H,2H2,1H3,(H,25,27). The first-order valence-corrected chi connectivity index (χ1v) is 10.2. The van der Waals surface area contributed by atoms with Crippen LogP contribution in [0.2, 0.25) is 0 Å². The van der Waals surface area contributed by atoms with E-state index in [1.54, 1.807) is 41.2 Å². The van der Waals surface area contributed by atoms with Gasteiger partial charge in [-0.2, -0.15) is 5.10 Å². The molecule has 150 valence electrons. The van der Waals surface area contributed by atoms with E-state index in [4.69, 9.17) is 4.74 Å². The lowest BCUT2D eigenvalue weighted by Crippen LogP contribution is -2.12. The van der Waals surface area contributed by atoms with Crippen LogP contribution in [0.1, 0.15) is 32.6 Å². The number of anilines is 1. The van der Waals surface area contributed by atoms with E-state index in [1.165, 1.54) is 17.5 Å². The summed E-state index contributed by atoms with van der Waals surface area (Å²) in [5.41, 5.74) is 1.72. The highest BCUT2D eigenvalue weighted by atomic mass is 32.1. The number of nitrogens with one attached hydrogen (secondary N) is 1. The largest absolute Gasteiger partial charge is 0.423 e. The molecule has 0 saturated carbocycles. The Labute approximate surface area is 177 Å². The Hall–Kier alpha value is -3.78. The fraction of sp³-hybridized carbons (Fsp3) is 0.0909. The number of carbonyl (C=O) groups is 2. The van der Waals surface area contributed by atoms with Crippen LogP contribution in [0.5, 0.6) is 5.75 Å². The van der Waals surface area contributed by atoms with E-state index in [0.29, 0.717) is 34.1 Å². The molecule has 1 N–H and O–H groups in total. The second-order valence-electron chi connectivity index (χ2n) is 6.30. The average Bonchev–Trinajstić information content (AvgIpc) is 3.46. The minimum Gasteiger partial charge on any atom is -0.423 e. The molecule has 3 heterocycles. The Kier molecular flexibility index (Phi) is 5.67. The lowest BCUT2D eigenvalue weighted by molar-refractivity contribution is 0.0733. The Morgan fingerprint density at radius 1 is 1.10 bits per heavy atom. The molecule has 8 heteroatoms. The van der Waals surface area contributed by atoms with Crippen LogP contribution in [0, 0.1) is 0 Å². The van der Waals surface area contributed by atoms with Gasteiger partial charge in [-0.05, 0) is 54.3 Å². The maximum Gasteiger partial charge on any atom is 0.347 e. The number of ether oxygens (including phenoxy) is 1. The molecule has 0 spiro atoms. The van der Waals surface area contributed by atoms with Crippen molar-refractivity contribution < 1.29 is 14.3 Å². The van der Waals surface area contributed by atoms with Crippen LogP contribution in [0.3, 0.4) is 0 Å². The Morgan fingerprint density at radius 3 is 2.60 bits per heavy atom. The number of benzene rings is 1. The molecule has 4 rings (SSSR count). The molecule has 4 aromatic rings. The van der Waals surface area contributed by atoms with Gasteiger partial charge in [0.2, 0.25) is 0 Å². The topological polar surface area (TPSA) is 86.1 Å². The summed E-state index contributed by atoms with van der Waals surface area (Å²) in [6.07, 6.45) is 3.76. The number of aromatic nitrogens is 3. The molecule has 0 saturated heterocycles. The number of rotatable bonds is 6. The SMILES string of the molecule is CCc1c(C(=O)Oc2ccc(NC(=O)c3cccs3)cc2)cnn1-c1ccccn1. The number of esters is 1. The third-order valence-corrected chi connectivity index (χ3v) is 5.23. The smallest absolute Gasteiger partial charge is 0.347 e. The summed E-state index contributed by atoms with van der Waals surface area (Å²) in [5, 5.41) is 8.95. The first-order chi connectivity index (χ1) is 14.7. The molecule has 0 atom stereocenters. The number of amides is 1. The zero-order valence-corrected chi connectivity index (χ0v) is 16.9. The first-order valence-electron chi connectivity index (χ1n) is 9.31. The molecule has 1 amide bonds. The summed E-state index contributed by atoms with van der Waals surface area (Å²) in [5.74, 6) is 0.342.